The number of ether oxygens (including phenoxy) is 1. The Bertz CT molecular complexity index is 420. The molecule has 5 heteroatoms. The van der Waals surface area contributed by atoms with Crippen LogP contribution in [0.25, 0.3) is 0 Å². The highest BCUT2D eigenvalue weighted by atomic mass is 32.1. The van der Waals surface area contributed by atoms with Crippen molar-refractivity contribution in [2.24, 2.45) is 0 Å². The van der Waals surface area contributed by atoms with Crippen molar-refractivity contribution in [3.05, 3.63) is 22.4 Å². The third kappa shape index (κ3) is 3.84. The molecule has 100 valence electrons. The van der Waals surface area contributed by atoms with Crippen LogP contribution in [-0.2, 0) is 4.74 Å². The topological polar surface area (TPSA) is 46.6 Å². The quantitative estimate of drug-likeness (QED) is 0.792. The van der Waals surface area contributed by atoms with E-state index in [2.05, 4.69) is 0 Å². The second-order valence-electron chi connectivity index (χ2n) is 5.14. The molecule has 1 heterocycles. The summed E-state index contributed by atoms with van der Waals surface area (Å²) in [6.07, 6.45) is -0.487. The molecular formula is C13H19NO3S. The van der Waals surface area contributed by atoms with Crippen molar-refractivity contribution in [1.29, 1.82) is 0 Å². The molecule has 1 atom stereocenters. The highest BCUT2D eigenvalue weighted by molar-refractivity contribution is 7.08. The van der Waals surface area contributed by atoms with E-state index in [1.54, 1.807) is 46.2 Å². The number of nitrogens with zero attached hydrogens (tertiary/aromatic N) is 1. The summed E-state index contributed by atoms with van der Waals surface area (Å²) in [7, 11) is 1.57. The molecule has 18 heavy (non-hydrogen) atoms. The number of amides is 1. The van der Waals surface area contributed by atoms with Gasteiger partial charge >= 0.3 is 6.09 Å². The summed E-state index contributed by atoms with van der Waals surface area (Å²) in [6.45, 7) is 7.09. The molecule has 0 aromatic carbocycles. The second-order valence-corrected chi connectivity index (χ2v) is 5.92. The van der Waals surface area contributed by atoms with Gasteiger partial charge in [-0.15, -0.1) is 0 Å². The predicted octanol–water partition coefficient (Wildman–Crippen LogP) is 3.19. The summed E-state index contributed by atoms with van der Waals surface area (Å²) in [4.78, 5) is 25.2. The fourth-order valence-corrected chi connectivity index (χ4v) is 1.96. The first-order valence-corrected chi connectivity index (χ1v) is 6.69. The van der Waals surface area contributed by atoms with Gasteiger partial charge in [-0.1, -0.05) is 0 Å². The first-order chi connectivity index (χ1) is 8.22. The molecule has 1 aromatic heterocycles. The largest absolute Gasteiger partial charge is 0.444 e. The van der Waals surface area contributed by atoms with Gasteiger partial charge in [0.15, 0.2) is 5.78 Å². The molecule has 0 saturated carbocycles. The van der Waals surface area contributed by atoms with Crippen LogP contribution in [0.15, 0.2) is 16.8 Å². The maximum atomic E-state index is 12.1. The van der Waals surface area contributed by atoms with Crippen LogP contribution in [0, 0.1) is 0 Å². The standard InChI is InChI=1S/C13H19NO3S/c1-9(11(15)10-6-7-18-8-10)14(5)12(16)17-13(2,3)4/h6-9H,1-5H3. The minimum absolute atomic E-state index is 0.0791. The average Bonchev–Trinajstić information content (AvgIpc) is 2.77. The third-order valence-electron chi connectivity index (χ3n) is 2.45. The van der Waals surface area contributed by atoms with Crippen molar-refractivity contribution in [1.82, 2.24) is 4.90 Å². The Morgan fingerprint density at radius 1 is 1.39 bits per heavy atom. The van der Waals surface area contributed by atoms with E-state index in [9.17, 15) is 9.59 Å². The third-order valence-corrected chi connectivity index (χ3v) is 3.13. The van der Waals surface area contributed by atoms with Gasteiger partial charge in [-0.2, -0.15) is 11.3 Å². The van der Waals surface area contributed by atoms with Crippen molar-refractivity contribution in [3.8, 4) is 0 Å². The van der Waals surface area contributed by atoms with Crippen molar-refractivity contribution in [2.75, 3.05) is 7.05 Å². The van der Waals surface area contributed by atoms with Gasteiger partial charge in [0, 0.05) is 18.0 Å². The van der Waals surface area contributed by atoms with Crippen LogP contribution in [0.2, 0.25) is 0 Å². The zero-order valence-electron chi connectivity index (χ0n) is 11.4. The lowest BCUT2D eigenvalue weighted by Crippen LogP contribution is -2.43. The number of hydrogen-bond donors (Lipinski definition) is 0. The maximum Gasteiger partial charge on any atom is 0.410 e. The molecule has 0 aliphatic carbocycles. The van der Waals surface area contributed by atoms with E-state index in [1.165, 1.54) is 16.2 Å². The Morgan fingerprint density at radius 2 is 2.00 bits per heavy atom. The molecule has 1 rings (SSSR count). The van der Waals surface area contributed by atoms with E-state index in [4.69, 9.17) is 4.74 Å². The van der Waals surface area contributed by atoms with E-state index < -0.39 is 17.7 Å². The van der Waals surface area contributed by atoms with Crippen molar-refractivity contribution >= 4 is 23.2 Å². The number of carbonyl (C=O) groups excluding carboxylic acids is 2. The van der Waals surface area contributed by atoms with Crippen LogP contribution in [0.5, 0.6) is 0 Å². The Hall–Kier alpha value is -1.36. The summed E-state index contributed by atoms with van der Waals surface area (Å²) in [5, 5.41) is 3.62. The molecule has 0 aliphatic rings. The lowest BCUT2D eigenvalue weighted by atomic mass is 10.1. The van der Waals surface area contributed by atoms with E-state index in [-0.39, 0.29) is 5.78 Å². The molecule has 4 nitrogen and oxygen atoms in total. The number of thiophene rings is 1. The van der Waals surface area contributed by atoms with E-state index in [0.29, 0.717) is 5.56 Å². The number of hydrogen-bond acceptors (Lipinski definition) is 4. The van der Waals surface area contributed by atoms with Crippen molar-refractivity contribution in [3.63, 3.8) is 0 Å². The van der Waals surface area contributed by atoms with Gasteiger partial charge in [0.1, 0.15) is 5.60 Å². The lowest BCUT2D eigenvalue weighted by molar-refractivity contribution is 0.0231. The van der Waals surface area contributed by atoms with Crippen LogP contribution >= 0.6 is 11.3 Å². The number of likely N-dealkylation sites (N-methyl/N-ethyl adjacent to an activating group) is 1. The fraction of sp³-hybridized carbons (Fsp3) is 0.538. The van der Waals surface area contributed by atoms with E-state index in [0.717, 1.165) is 0 Å². The molecule has 0 bridgehead atoms. The van der Waals surface area contributed by atoms with Gasteiger partial charge in [0.2, 0.25) is 0 Å². The smallest absolute Gasteiger partial charge is 0.410 e. The molecule has 0 radical (unpaired) electrons. The molecule has 1 aromatic rings. The first kappa shape index (κ1) is 14.7. The number of carbonyl (C=O) groups is 2. The minimum Gasteiger partial charge on any atom is -0.444 e. The van der Waals surface area contributed by atoms with E-state index in [1.807, 2.05) is 5.38 Å². The molecule has 0 N–H and O–H groups in total. The summed E-state index contributed by atoms with van der Waals surface area (Å²) in [5.74, 6) is -0.0791. The molecule has 0 fully saturated rings. The number of ketones is 1. The summed E-state index contributed by atoms with van der Waals surface area (Å²) < 4.78 is 5.23. The monoisotopic (exact) mass is 269 g/mol. The predicted molar refractivity (Wildman–Crippen MR) is 72.1 cm³/mol. The number of rotatable bonds is 3. The summed E-state index contributed by atoms with van der Waals surface area (Å²) >= 11 is 1.46. The molecule has 0 aliphatic heterocycles. The average molecular weight is 269 g/mol. The van der Waals surface area contributed by atoms with Crippen LogP contribution in [0.4, 0.5) is 4.79 Å². The van der Waals surface area contributed by atoms with E-state index >= 15 is 0 Å². The van der Waals surface area contributed by atoms with Gasteiger partial charge in [0.25, 0.3) is 0 Å². The van der Waals surface area contributed by atoms with Crippen LogP contribution in [-0.4, -0.2) is 35.5 Å². The maximum absolute atomic E-state index is 12.1. The van der Waals surface area contributed by atoms with Gasteiger partial charge in [-0.25, -0.2) is 4.79 Å². The zero-order valence-corrected chi connectivity index (χ0v) is 12.2. The Kier molecular flexibility index (Phi) is 4.51. The highest BCUT2D eigenvalue weighted by Gasteiger charge is 2.27. The molecule has 1 amide bonds. The summed E-state index contributed by atoms with van der Waals surface area (Å²) in [6, 6.07) is 1.22. The molecule has 0 saturated heterocycles. The summed E-state index contributed by atoms with van der Waals surface area (Å²) in [5.41, 5.74) is 0.0687. The Morgan fingerprint density at radius 3 is 2.44 bits per heavy atom. The van der Waals surface area contributed by atoms with Crippen molar-refractivity contribution in [2.45, 2.75) is 39.3 Å². The van der Waals surface area contributed by atoms with Gasteiger partial charge < -0.3 is 9.64 Å². The zero-order chi connectivity index (χ0) is 13.9. The second kappa shape index (κ2) is 5.52. The molecule has 1 unspecified atom stereocenters. The Labute approximate surface area is 112 Å². The Balaban J connectivity index is 2.69. The van der Waals surface area contributed by atoms with Gasteiger partial charge in [-0.05, 0) is 39.1 Å². The normalized spacial score (nSPS) is 12.9. The lowest BCUT2D eigenvalue weighted by Gasteiger charge is -2.27. The molecular weight excluding hydrogens is 250 g/mol. The van der Waals surface area contributed by atoms with Gasteiger partial charge in [0.05, 0.1) is 6.04 Å². The van der Waals surface area contributed by atoms with Crippen LogP contribution in [0.3, 0.4) is 0 Å². The fourth-order valence-electron chi connectivity index (χ4n) is 1.31. The minimum atomic E-state index is -0.559. The van der Waals surface area contributed by atoms with Crippen LogP contribution < -0.4 is 0 Å². The van der Waals surface area contributed by atoms with Gasteiger partial charge in [-0.3, -0.25) is 4.79 Å². The number of Topliss-reactive ketones (excluding diaryl/α,β-unsaturated/α-hetero) is 1. The van der Waals surface area contributed by atoms with Crippen molar-refractivity contribution < 1.29 is 14.3 Å². The highest BCUT2D eigenvalue weighted by Crippen LogP contribution is 2.14. The SMILES string of the molecule is CC(C(=O)c1ccsc1)N(C)C(=O)OC(C)(C)C. The first-order valence-electron chi connectivity index (χ1n) is 5.74. The molecule has 0 spiro atoms. The van der Waals surface area contributed by atoms with Crippen LogP contribution in [0.1, 0.15) is 38.1 Å².